The Kier molecular flexibility index (Phi) is 4.36. The van der Waals surface area contributed by atoms with Gasteiger partial charge in [-0.2, -0.15) is 0 Å². The molecule has 4 rings (SSSR count). The maximum absolute atomic E-state index is 13.2. The SMILES string of the molecule is Cc1oc(C(C)C)cc1C(=O)N1CCCC2(CCC(=O)N(C3CC3)C2)C1. The van der Waals surface area contributed by atoms with Crippen molar-refractivity contribution in [2.24, 2.45) is 5.41 Å². The summed E-state index contributed by atoms with van der Waals surface area (Å²) in [6, 6.07) is 2.39. The summed E-state index contributed by atoms with van der Waals surface area (Å²) in [6.45, 7) is 8.44. The van der Waals surface area contributed by atoms with Crippen LogP contribution in [0.3, 0.4) is 0 Å². The predicted molar refractivity (Wildman–Crippen MR) is 99.1 cm³/mol. The first-order valence-electron chi connectivity index (χ1n) is 10.1. The van der Waals surface area contributed by atoms with Gasteiger partial charge in [-0.15, -0.1) is 0 Å². The third kappa shape index (κ3) is 3.17. The van der Waals surface area contributed by atoms with Crippen LogP contribution < -0.4 is 0 Å². The Balaban J connectivity index is 1.51. The minimum absolute atomic E-state index is 0.0862. The van der Waals surface area contributed by atoms with Gasteiger partial charge in [0, 0.05) is 43.4 Å². The minimum Gasteiger partial charge on any atom is -0.465 e. The van der Waals surface area contributed by atoms with Crippen LogP contribution in [-0.4, -0.2) is 47.3 Å². The average molecular weight is 358 g/mol. The average Bonchev–Trinajstić information content (AvgIpc) is 3.38. The Hall–Kier alpha value is -1.78. The smallest absolute Gasteiger partial charge is 0.257 e. The van der Waals surface area contributed by atoms with Crippen molar-refractivity contribution in [2.75, 3.05) is 19.6 Å². The van der Waals surface area contributed by atoms with Crippen LogP contribution in [0.15, 0.2) is 10.5 Å². The Labute approximate surface area is 155 Å². The van der Waals surface area contributed by atoms with E-state index in [4.69, 9.17) is 4.42 Å². The van der Waals surface area contributed by atoms with Crippen LogP contribution in [0.2, 0.25) is 0 Å². The largest absolute Gasteiger partial charge is 0.465 e. The van der Waals surface area contributed by atoms with Crippen molar-refractivity contribution in [3.8, 4) is 0 Å². The monoisotopic (exact) mass is 358 g/mol. The molecule has 1 spiro atoms. The van der Waals surface area contributed by atoms with Crippen molar-refractivity contribution in [1.29, 1.82) is 0 Å². The van der Waals surface area contributed by atoms with E-state index in [9.17, 15) is 9.59 Å². The van der Waals surface area contributed by atoms with Gasteiger partial charge >= 0.3 is 0 Å². The summed E-state index contributed by atoms with van der Waals surface area (Å²) in [5, 5.41) is 0. The van der Waals surface area contributed by atoms with Gasteiger partial charge in [0.15, 0.2) is 0 Å². The lowest BCUT2D eigenvalue weighted by Crippen LogP contribution is -2.55. The second-order valence-corrected chi connectivity index (χ2v) is 8.86. The zero-order valence-corrected chi connectivity index (χ0v) is 16.2. The lowest BCUT2D eigenvalue weighted by atomic mass is 9.73. The lowest BCUT2D eigenvalue weighted by Gasteiger charge is -2.48. The quantitative estimate of drug-likeness (QED) is 0.827. The van der Waals surface area contributed by atoms with Gasteiger partial charge in [0.2, 0.25) is 5.91 Å². The molecule has 3 aliphatic rings. The van der Waals surface area contributed by atoms with Crippen LogP contribution in [0, 0.1) is 12.3 Å². The van der Waals surface area contributed by atoms with E-state index in [0.717, 1.165) is 63.3 Å². The second-order valence-electron chi connectivity index (χ2n) is 8.86. The number of hydrogen-bond donors (Lipinski definition) is 0. The molecule has 3 heterocycles. The highest BCUT2D eigenvalue weighted by Gasteiger charge is 2.46. The zero-order valence-electron chi connectivity index (χ0n) is 16.2. The molecule has 2 aliphatic heterocycles. The van der Waals surface area contributed by atoms with Crippen LogP contribution in [-0.2, 0) is 4.79 Å². The normalized spacial score (nSPS) is 26.8. The summed E-state index contributed by atoms with van der Waals surface area (Å²) in [6.07, 6.45) is 6.00. The highest BCUT2D eigenvalue weighted by Crippen LogP contribution is 2.42. The van der Waals surface area contributed by atoms with Crippen molar-refractivity contribution >= 4 is 11.8 Å². The van der Waals surface area contributed by atoms with Crippen molar-refractivity contribution in [1.82, 2.24) is 9.80 Å². The van der Waals surface area contributed by atoms with E-state index in [2.05, 4.69) is 18.7 Å². The van der Waals surface area contributed by atoms with Gasteiger partial charge in [-0.3, -0.25) is 9.59 Å². The molecule has 5 heteroatoms. The zero-order chi connectivity index (χ0) is 18.5. The molecule has 5 nitrogen and oxygen atoms in total. The van der Waals surface area contributed by atoms with Crippen LogP contribution in [0.25, 0.3) is 0 Å². The van der Waals surface area contributed by atoms with E-state index < -0.39 is 0 Å². The third-order valence-corrected chi connectivity index (χ3v) is 6.37. The van der Waals surface area contributed by atoms with Gasteiger partial charge in [-0.25, -0.2) is 0 Å². The summed E-state index contributed by atoms with van der Waals surface area (Å²) in [5.41, 5.74) is 0.792. The molecule has 0 N–H and O–H groups in total. The molecule has 2 amide bonds. The first-order valence-corrected chi connectivity index (χ1v) is 10.1. The minimum atomic E-state index is 0.0862. The number of carbonyl (C=O) groups is 2. The Morgan fingerprint density at radius 2 is 2.04 bits per heavy atom. The fraction of sp³-hybridized carbons (Fsp3) is 0.714. The van der Waals surface area contributed by atoms with Gasteiger partial charge in [-0.05, 0) is 45.1 Å². The number of amides is 2. The molecule has 0 aromatic carbocycles. The van der Waals surface area contributed by atoms with Crippen LogP contribution in [0.5, 0.6) is 0 Å². The molecular weight excluding hydrogens is 328 g/mol. The summed E-state index contributed by atoms with van der Waals surface area (Å²) in [5.74, 6) is 2.28. The standard InChI is InChI=1S/C21H30N2O3/c1-14(2)18-11-17(15(3)26-18)20(25)22-10-4-8-21(12-22)9-7-19(24)23(13-21)16-5-6-16/h11,14,16H,4-10,12-13H2,1-3H3. The lowest BCUT2D eigenvalue weighted by molar-refractivity contribution is -0.139. The Morgan fingerprint density at radius 1 is 1.27 bits per heavy atom. The van der Waals surface area contributed by atoms with Crippen molar-refractivity contribution in [3.05, 3.63) is 23.2 Å². The van der Waals surface area contributed by atoms with Gasteiger partial charge in [0.1, 0.15) is 11.5 Å². The van der Waals surface area contributed by atoms with Crippen LogP contribution in [0.4, 0.5) is 0 Å². The van der Waals surface area contributed by atoms with Gasteiger partial charge in [-0.1, -0.05) is 13.8 Å². The molecule has 1 atom stereocenters. The van der Waals surface area contributed by atoms with Crippen molar-refractivity contribution in [3.63, 3.8) is 0 Å². The molecule has 0 bridgehead atoms. The summed E-state index contributed by atoms with van der Waals surface area (Å²) in [7, 11) is 0. The second kappa shape index (κ2) is 6.43. The Bertz CT molecular complexity index is 719. The highest BCUT2D eigenvalue weighted by atomic mass is 16.3. The molecule has 0 radical (unpaired) electrons. The number of carbonyl (C=O) groups excluding carboxylic acids is 2. The van der Waals surface area contributed by atoms with Crippen molar-refractivity contribution in [2.45, 2.75) is 71.3 Å². The molecule has 1 aromatic heterocycles. The van der Waals surface area contributed by atoms with E-state index in [0.29, 0.717) is 23.9 Å². The molecule has 1 saturated carbocycles. The van der Waals surface area contributed by atoms with Crippen LogP contribution in [0.1, 0.15) is 80.2 Å². The molecule has 3 fully saturated rings. The molecule has 2 saturated heterocycles. The van der Waals surface area contributed by atoms with Gasteiger partial charge < -0.3 is 14.2 Å². The van der Waals surface area contributed by atoms with Gasteiger partial charge in [0.25, 0.3) is 5.91 Å². The van der Waals surface area contributed by atoms with E-state index in [1.54, 1.807) is 0 Å². The summed E-state index contributed by atoms with van der Waals surface area (Å²) < 4.78 is 5.80. The fourth-order valence-electron chi connectivity index (χ4n) is 4.65. The molecule has 1 aliphatic carbocycles. The first kappa shape index (κ1) is 17.6. The van der Waals surface area contributed by atoms with Crippen LogP contribution >= 0.6 is 0 Å². The molecule has 1 aromatic rings. The first-order chi connectivity index (χ1) is 12.4. The van der Waals surface area contributed by atoms with E-state index in [-0.39, 0.29) is 17.2 Å². The number of likely N-dealkylation sites (tertiary alicyclic amines) is 2. The van der Waals surface area contributed by atoms with Crippen molar-refractivity contribution < 1.29 is 14.0 Å². The summed E-state index contributed by atoms with van der Waals surface area (Å²) >= 11 is 0. The predicted octanol–water partition coefficient (Wildman–Crippen LogP) is 3.72. The molecule has 142 valence electrons. The number of hydrogen-bond acceptors (Lipinski definition) is 3. The van der Waals surface area contributed by atoms with E-state index >= 15 is 0 Å². The molecular formula is C21H30N2O3. The topological polar surface area (TPSA) is 53.8 Å². The van der Waals surface area contributed by atoms with E-state index in [1.165, 1.54) is 0 Å². The Morgan fingerprint density at radius 3 is 2.69 bits per heavy atom. The van der Waals surface area contributed by atoms with Gasteiger partial charge in [0.05, 0.1) is 5.56 Å². The maximum Gasteiger partial charge on any atom is 0.257 e. The van der Waals surface area contributed by atoms with E-state index in [1.807, 2.05) is 17.9 Å². The number of nitrogens with zero attached hydrogens (tertiary/aromatic N) is 2. The highest BCUT2D eigenvalue weighted by molar-refractivity contribution is 5.95. The molecule has 1 unspecified atom stereocenters. The number of piperidine rings is 2. The number of furan rings is 1. The number of aryl methyl sites for hydroxylation is 1. The molecule has 26 heavy (non-hydrogen) atoms. The fourth-order valence-corrected chi connectivity index (χ4v) is 4.65. The summed E-state index contributed by atoms with van der Waals surface area (Å²) in [4.78, 5) is 29.6. The number of rotatable bonds is 3. The third-order valence-electron chi connectivity index (χ3n) is 6.37. The maximum atomic E-state index is 13.2.